The van der Waals surface area contributed by atoms with Gasteiger partial charge in [0, 0.05) is 6.04 Å². The van der Waals surface area contributed by atoms with Crippen LogP contribution in [0.3, 0.4) is 0 Å². The van der Waals surface area contributed by atoms with Crippen molar-refractivity contribution in [2.24, 2.45) is 0 Å². The largest absolute Gasteiger partial charge is 0.373 e. The lowest BCUT2D eigenvalue weighted by Crippen LogP contribution is -2.38. The van der Waals surface area contributed by atoms with Gasteiger partial charge < -0.3 is 10.1 Å². The lowest BCUT2D eigenvalue weighted by atomic mass is 9.95. The van der Waals surface area contributed by atoms with Crippen LogP contribution >= 0.6 is 0 Å². The van der Waals surface area contributed by atoms with Crippen LogP contribution in [0.25, 0.3) is 0 Å². The van der Waals surface area contributed by atoms with Crippen LogP contribution in [-0.2, 0) is 4.74 Å². The van der Waals surface area contributed by atoms with Gasteiger partial charge in [-0.2, -0.15) is 0 Å². The molecule has 0 radical (unpaired) electrons. The van der Waals surface area contributed by atoms with E-state index in [0.717, 1.165) is 13.0 Å². The molecule has 2 aliphatic rings. The Morgan fingerprint density at radius 3 is 2.92 bits per heavy atom. The van der Waals surface area contributed by atoms with E-state index in [2.05, 4.69) is 5.32 Å². The fraction of sp³-hybridized carbons (Fsp3) is 1.00. The van der Waals surface area contributed by atoms with Crippen LogP contribution in [0.5, 0.6) is 0 Å². The molecule has 12 heavy (non-hydrogen) atoms. The van der Waals surface area contributed by atoms with E-state index >= 15 is 0 Å². The smallest absolute Gasteiger partial charge is 0.0906 e. The Morgan fingerprint density at radius 1 is 1.42 bits per heavy atom. The molecule has 2 fully saturated rings. The molecule has 2 aliphatic heterocycles. The second-order valence-electron chi connectivity index (χ2n) is 3.71. The second kappa shape index (κ2) is 3.71. The summed E-state index contributed by atoms with van der Waals surface area (Å²) >= 11 is 0. The van der Waals surface area contributed by atoms with Crippen molar-refractivity contribution in [2.45, 2.75) is 43.9 Å². The van der Waals surface area contributed by atoms with E-state index in [1.165, 1.54) is 12.8 Å². The molecule has 3 unspecified atom stereocenters. The Morgan fingerprint density at radius 2 is 2.33 bits per heavy atom. The molecular weight excluding hydrogens is 157 g/mol. The average Bonchev–Trinajstić information content (AvgIpc) is 2.65. The molecule has 2 bridgehead atoms. The number of halogens is 1. The molecule has 70 valence electrons. The predicted molar refractivity (Wildman–Crippen MR) is 44.9 cm³/mol. The van der Waals surface area contributed by atoms with Gasteiger partial charge in [0.2, 0.25) is 0 Å². The topological polar surface area (TPSA) is 21.3 Å². The number of hydrogen-bond donors (Lipinski definition) is 1. The summed E-state index contributed by atoms with van der Waals surface area (Å²) < 4.78 is 17.4. The van der Waals surface area contributed by atoms with Crippen molar-refractivity contribution in [2.75, 3.05) is 13.2 Å². The molecule has 2 nitrogen and oxygen atoms in total. The van der Waals surface area contributed by atoms with Gasteiger partial charge in [0.25, 0.3) is 0 Å². The van der Waals surface area contributed by atoms with E-state index in [-0.39, 0.29) is 6.67 Å². The van der Waals surface area contributed by atoms with Gasteiger partial charge in [0.1, 0.15) is 0 Å². The summed E-state index contributed by atoms with van der Waals surface area (Å²) in [5, 5.41) is 3.35. The first-order valence-electron chi connectivity index (χ1n) is 4.85. The third-order valence-corrected chi connectivity index (χ3v) is 2.82. The maximum Gasteiger partial charge on any atom is 0.0906 e. The number of fused-ring (bicyclic) bond motifs is 2. The number of rotatable bonds is 4. The van der Waals surface area contributed by atoms with Gasteiger partial charge >= 0.3 is 0 Å². The zero-order chi connectivity index (χ0) is 8.39. The van der Waals surface area contributed by atoms with Crippen LogP contribution in [0.4, 0.5) is 4.39 Å². The minimum atomic E-state index is -0.214. The molecule has 3 heteroatoms. The van der Waals surface area contributed by atoms with Gasteiger partial charge in [0.05, 0.1) is 18.9 Å². The Hall–Kier alpha value is -0.150. The van der Waals surface area contributed by atoms with Crippen molar-refractivity contribution in [3.63, 3.8) is 0 Å². The standard InChI is InChI=1S/C9H16FNO/c10-4-1-5-11-8-6-7-2-3-9(8)12-7/h7-9,11H,1-6H2. The highest BCUT2D eigenvalue weighted by atomic mass is 19.1. The molecule has 2 heterocycles. The minimum Gasteiger partial charge on any atom is -0.373 e. The molecular formula is C9H16FNO. The summed E-state index contributed by atoms with van der Waals surface area (Å²) in [6.07, 6.45) is 5.11. The number of hydrogen-bond acceptors (Lipinski definition) is 2. The summed E-state index contributed by atoms with van der Waals surface area (Å²) in [6.45, 7) is 0.586. The molecule has 0 spiro atoms. The van der Waals surface area contributed by atoms with Gasteiger partial charge in [-0.3, -0.25) is 4.39 Å². The molecule has 2 saturated heterocycles. The Bertz CT molecular complexity index is 153. The van der Waals surface area contributed by atoms with Crippen molar-refractivity contribution in [1.29, 1.82) is 0 Å². The molecule has 0 aromatic carbocycles. The van der Waals surface area contributed by atoms with E-state index in [9.17, 15) is 4.39 Å². The molecule has 0 aromatic rings. The first-order valence-corrected chi connectivity index (χ1v) is 4.85. The van der Waals surface area contributed by atoms with Crippen molar-refractivity contribution < 1.29 is 9.13 Å². The fourth-order valence-corrected chi connectivity index (χ4v) is 2.21. The summed E-state index contributed by atoms with van der Waals surface area (Å²) in [4.78, 5) is 0. The van der Waals surface area contributed by atoms with Crippen LogP contribution in [0.1, 0.15) is 25.7 Å². The van der Waals surface area contributed by atoms with Crippen LogP contribution < -0.4 is 5.32 Å². The molecule has 0 aliphatic carbocycles. The number of ether oxygens (including phenoxy) is 1. The van der Waals surface area contributed by atoms with Gasteiger partial charge in [-0.15, -0.1) is 0 Å². The summed E-state index contributed by atoms with van der Waals surface area (Å²) in [7, 11) is 0. The minimum absolute atomic E-state index is 0.214. The highest BCUT2D eigenvalue weighted by Crippen LogP contribution is 2.34. The zero-order valence-electron chi connectivity index (χ0n) is 7.26. The van der Waals surface area contributed by atoms with Gasteiger partial charge in [-0.05, 0) is 32.2 Å². The van der Waals surface area contributed by atoms with Crippen LogP contribution in [0.2, 0.25) is 0 Å². The Balaban J connectivity index is 1.69. The summed E-state index contributed by atoms with van der Waals surface area (Å²) in [5.74, 6) is 0. The average molecular weight is 173 g/mol. The first-order chi connectivity index (χ1) is 5.90. The number of nitrogens with one attached hydrogen (secondary N) is 1. The molecule has 1 N–H and O–H groups in total. The molecule has 0 amide bonds. The molecule has 3 atom stereocenters. The SMILES string of the molecule is FCCCNC1CC2CCC1O2. The van der Waals surface area contributed by atoms with Crippen molar-refractivity contribution >= 4 is 0 Å². The van der Waals surface area contributed by atoms with Gasteiger partial charge in [-0.25, -0.2) is 0 Å². The van der Waals surface area contributed by atoms with Crippen LogP contribution in [0.15, 0.2) is 0 Å². The monoisotopic (exact) mass is 173 g/mol. The van der Waals surface area contributed by atoms with E-state index < -0.39 is 0 Å². The Labute approximate surface area is 72.5 Å². The molecule has 0 saturated carbocycles. The summed E-state index contributed by atoms with van der Waals surface area (Å²) in [5.41, 5.74) is 0. The maximum absolute atomic E-state index is 11.8. The zero-order valence-corrected chi connectivity index (χ0v) is 7.26. The van der Waals surface area contributed by atoms with Crippen molar-refractivity contribution in [3.8, 4) is 0 Å². The van der Waals surface area contributed by atoms with E-state index in [4.69, 9.17) is 4.74 Å². The lowest BCUT2D eigenvalue weighted by Gasteiger charge is -2.19. The van der Waals surface area contributed by atoms with Gasteiger partial charge in [0.15, 0.2) is 0 Å². The van der Waals surface area contributed by atoms with Crippen LogP contribution in [-0.4, -0.2) is 31.5 Å². The maximum atomic E-state index is 11.8. The third kappa shape index (κ3) is 1.62. The quantitative estimate of drug-likeness (QED) is 0.646. The Kier molecular flexibility index (Phi) is 2.61. The van der Waals surface area contributed by atoms with Gasteiger partial charge in [-0.1, -0.05) is 0 Å². The first kappa shape index (κ1) is 8.45. The fourth-order valence-electron chi connectivity index (χ4n) is 2.21. The van der Waals surface area contributed by atoms with Crippen LogP contribution in [0, 0.1) is 0 Å². The highest BCUT2D eigenvalue weighted by Gasteiger charge is 2.40. The third-order valence-electron chi connectivity index (χ3n) is 2.82. The molecule has 0 aromatic heterocycles. The lowest BCUT2D eigenvalue weighted by molar-refractivity contribution is 0.0974. The highest BCUT2D eigenvalue weighted by molar-refractivity contribution is 4.93. The van der Waals surface area contributed by atoms with E-state index in [1.54, 1.807) is 0 Å². The summed E-state index contributed by atoms with van der Waals surface area (Å²) in [6, 6.07) is 0.510. The van der Waals surface area contributed by atoms with Crippen molar-refractivity contribution in [1.82, 2.24) is 5.32 Å². The van der Waals surface area contributed by atoms with E-state index in [0.29, 0.717) is 24.7 Å². The predicted octanol–water partition coefficient (Wildman–Crippen LogP) is 1.26. The van der Waals surface area contributed by atoms with Crippen molar-refractivity contribution in [3.05, 3.63) is 0 Å². The normalized spacial score (nSPS) is 39.2. The molecule has 2 rings (SSSR count). The second-order valence-corrected chi connectivity index (χ2v) is 3.71. The number of alkyl halides is 1. The van der Waals surface area contributed by atoms with E-state index in [1.807, 2.05) is 0 Å².